The first-order valence-electron chi connectivity index (χ1n) is 8.35. The quantitative estimate of drug-likeness (QED) is 0.892. The first-order valence-corrected chi connectivity index (χ1v) is 8.35. The highest BCUT2D eigenvalue weighted by Gasteiger charge is 2.16. The van der Waals surface area contributed by atoms with E-state index in [2.05, 4.69) is 18.7 Å². The van der Waals surface area contributed by atoms with Crippen LogP contribution in [0.4, 0.5) is 11.4 Å². The first kappa shape index (κ1) is 16.1. The molecule has 0 aliphatic heterocycles. The van der Waals surface area contributed by atoms with Gasteiger partial charge in [0.05, 0.1) is 5.71 Å². The molecule has 3 rings (SSSR count). The summed E-state index contributed by atoms with van der Waals surface area (Å²) in [4.78, 5) is 6.88. The van der Waals surface area contributed by atoms with E-state index in [0.29, 0.717) is 12.1 Å². The Bertz CT molecular complexity index is 804. The van der Waals surface area contributed by atoms with Gasteiger partial charge in [-0.1, -0.05) is 30.3 Å². The van der Waals surface area contributed by atoms with Crippen molar-refractivity contribution in [2.24, 2.45) is 10.7 Å². The topological polar surface area (TPSA) is 61.8 Å². The third kappa shape index (κ3) is 3.00. The molecule has 2 aromatic carbocycles. The van der Waals surface area contributed by atoms with E-state index in [1.807, 2.05) is 42.5 Å². The van der Waals surface area contributed by atoms with E-state index in [-0.39, 0.29) is 5.75 Å². The van der Waals surface area contributed by atoms with E-state index in [0.717, 1.165) is 41.3 Å². The second kappa shape index (κ2) is 6.79. The number of hydrogen-bond donors (Lipinski definition) is 2. The normalized spacial score (nSPS) is 15.1. The predicted octanol–water partition coefficient (Wildman–Crippen LogP) is 4.06. The van der Waals surface area contributed by atoms with Gasteiger partial charge in [0.25, 0.3) is 0 Å². The van der Waals surface area contributed by atoms with E-state index in [9.17, 15) is 5.11 Å². The van der Waals surface area contributed by atoms with Gasteiger partial charge in [-0.25, -0.2) is 4.99 Å². The van der Waals surface area contributed by atoms with Crippen LogP contribution in [0.25, 0.3) is 5.70 Å². The van der Waals surface area contributed by atoms with Gasteiger partial charge in [0, 0.05) is 48.1 Å². The van der Waals surface area contributed by atoms with E-state index in [4.69, 9.17) is 10.7 Å². The molecule has 0 fully saturated rings. The fourth-order valence-electron chi connectivity index (χ4n) is 3.06. The van der Waals surface area contributed by atoms with Crippen molar-refractivity contribution < 1.29 is 5.11 Å². The van der Waals surface area contributed by atoms with Crippen molar-refractivity contribution in [1.82, 2.24) is 0 Å². The number of nitrogens with two attached hydrogens (primary N) is 1. The molecule has 3 N–H and O–H groups in total. The van der Waals surface area contributed by atoms with Crippen LogP contribution in [0.15, 0.2) is 53.5 Å². The number of rotatable bonds is 4. The third-order valence-corrected chi connectivity index (χ3v) is 4.41. The van der Waals surface area contributed by atoms with Gasteiger partial charge < -0.3 is 15.7 Å². The van der Waals surface area contributed by atoms with E-state index in [1.165, 1.54) is 0 Å². The minimum atomic E-state index is 0.201. The lowest BCUT2D eigenvalue weighted by Crippen LogP contribution is -2.21. The minimum Gasteiger partial charge on any atom is -0.506 e. The van der Waals surface area contributed by atoms with Crippen molar-refractivity contribution in [3.63, 3.8) is 0 Å². The number of phenolic OH excluding ortho intramolecular Hbond substituents is 1. The summed E-state index contributed by atoms with van der Waals surface area (Å²) in [6.07, 6.45) is 2.64. The molecular weight excluding hydrogens is 298 g/mol. The zero-order valence-corrected chi connectivity index (χ0v) is 14.2. The second-order valence-corrected chi connectivity index (χ2v) is 5.81. The van der Waals surface area contributed by atoms with Crippen LogP contribution in [-0.2, 0) is 0 Å². The van der Waals surface area contributed by atoms with Crippen LogP contribution in [0.5, 0.6) is 5.75 Å². The lowest BCUT2D eigenvalue weighted by molar-refractivity contribution is 0.477. The molecular formula is C20H23N3O. The van der Waals surface area contributed by atoms with Crippen LogP contribution < -0.4 is 10.6 Å². The lowest BCUT2D eigenvalue weighted by Gasteiger charge is -2.21. The van der Waals surface area contributed by atoms with Gasteiger partial charge in [0.1, 0.15) is 11.4 Å². The summed E-state index contributed by atoms with van der Waals surface area (Å²) in [6, 6.07) is 13.6. The Morgan fingerprint density at radius 1 is 1.08 bits per heavy atom. The maximum absolute atomic E-state index is 10.4. The molecule has 4 nitrogen and oxygen atoms in total. The summed E-state index contributed by atoms with van der Waals surface area (Å²) in [7, 11) is 0. The summed E-state index contributed by atoms with van der Waals surface area (Å²) in [5.41, 5.74) is 11.4. The number of aromatic hydroxyl groups is 1. The van der Waals surface area contributed by atoms with Crippen LogP contribution in [0, 0.1) is 0 Å². The Morgan fingerprint density at radius 3 is 2.46 bits per heavy atom. The molecule has 1 aliphatic rings. The summed E-state index contributed by atoms with van der Waals surface area (Å²) >= 11 is 0. The highest BCUT2D eigenvalue weighted by molar-refractivity contribution is 6.09. The molecule has 0 bridgehead atoms. The van der Waals surface area contributed by atoms with E-state index < -0.39 is 0 Å². The highest BCUT2D eigenvalue weighted by atomic mass is 16.3. The van der Waals surface area contributed by atoms with Crippen molar-refractivity contribution in [2.45, 2.75) is 20.3 Å². The van der Waals surface area contributed by atoms with Gasteiger partial charge in [-0.15, -0.1) is 0 Å². The molecule has 0 spiro atoms. The van der Waals surface area contributed by atoms with Crippen LogP contribution in [0.2, 0.25) is 0 Å². The number of benzene rings is 2. The molecule has 4 heteroatoms. The highest BCUT2D eigenvalue weighted by Crippen LogP contribution is 2.33. The Kier molecular flexibility index (Phi) is 4.56. The molecule has 124 valence electrons. The smallest absolute Gasteiger partial charge is 0.143 e. The fraction of sp³-hybridized carbons (Fsp3) is 0.250. The summed E-state index contributed by atoms with van der Waals surface area (Å²) in [6.45, 7) is 6.01. The Balaban J connectivity index is 1.98. The molecule has 1 aliphatic carbocycles. The molecule has 0 unspecified atom stereocenters. The van der Waals surface area contributed by atoms with Crippen LogP contribution >= 0.6 is 0 Å². The van der Waals surface area contributed by atoms with Crippen molar-refractivity contribution in [3.8, 4) is 5.75 Å². The van der Waals surface area contributed by atoms with Gasteiger partial charge >= 0.3 is 0 Å². The van der Waals surface area contributed by atoms with Crippen molar-refractivity contribution in [1.29, 1.82) is 0 Å². The fourth-order valence-corrected chi connectivity index (χ4v) is 3.06. The van der Waals surface area contributed by atoms with Crippen molar-refractivity contribution in [2.75, 3.05) is 18.0 Å². The van der Waals surface area contributed by atoms with Gasteiger partial charge in [0.2, 0.25) is 0 Å². The van der Waals surface area contributed by atoms with Crippen molar-refractivity contribution >= 4 is 22.8 Å². The zero-order chi connectivity index (χ0) is 17.1. The minimum absolute atomic E-state index is 0.201. The monoisotopic (exact) mass is 321 g/mol. The molecule has 0 amide bonds. The van der Waals surface area contributed by atoms with E-state index in [1.54, 1.807) is 6.07 Å². The summed E-state index contributed by atoms with van der Waals surface area (Å²) < 4.78 is 0. The Morgan fingerprint density at radius 2 is 1.79 bits per heavy atom. The molecule has 0 radical (unpaired) electrons. The number of phenols is 1. The largest absolute Gasteiger partial charge is 0.506 e. The Hall–Kier alpha value is -2.75. The number of aliphatic imine (C=N–C) groups is 1. The lowest BCUT2D eigenvalue weighted by atomic mass is 9.93. The molecule has 0 heterocycles. The maximum Gasteiger partial charge on any atom is 0.143 e. The van der Waals surface area contributed by atoms with E-state index >= 15 is 0 Å². The Labute approximate surface area is 143 Å². The third-order valence-electron chi connectivity index (χ3n) is 4.41. The molecule has 2 aromatic rings. The standard InChI is InChI=1S/C20H23N3O/c1-3-23(4-2)14-9-11-19(20(24)13-14)22-18-12-10-17(21)15-7-5-6-8-16(15)18/h5-11,13,24H,3-4,12,21H2,1-2H3. The van der Waals surface area contributed by atoms with Crippen LogP contribution in [0.1, 0.15) is 31.4 Å². The van der Waals surface area contributed by atoms with Crippen LogP contribution in [0.3, 0.4) is 0 Å². The average Bonchev–Trinajstić information content (AvgIpc) is 2.60. The predicted molar refractivity (Wildman–Crippen MR) is 101 cm³/mol. The number of fused-ring (bicyclic) bond motifs is 1. The van der Waals surface area contributed by atoms with Crippen molar-refractivity contribution in [3.05, 3.63) is 59.7 Å². The van der Waals surface area contributed by atoms with Gasteiger partial charge in [0.15, 0.2) is 0 Å². The molecule has 0 saturated carbocycles. The summed E-state index contributed by atoms with van der Waals surface area (Å²) in [5, 5.41) is 10.4. The zero-order valence-electron chi connectivity index (χ0n) is 14.2. The first-order chi connectivity index (χ1) is 11.6. The maximum atomic E-state index is 10.4. The van der Waals surface area contributed by atoms with Gasteiger partial charge in [-0.3, -0.25) is 0 Å². The van der Waals surface area contributed by atoms with Gasteiger partial charge in [-0.05, 0) is 26.0 Å². The van der Waals surface area contributed by atoms with Crippen LogP contribution in [-0.4, -0.2) is 23.9 Å². The average molecular weight is 321 g/mol. The number of nitrogens with zero attached hydrogens (tertiary/aromatic N) is 2. The molecule has 0 saturated heterocycles. The number of hydrogen-bond acceptors (Lipinski definition) is 4. The SMILES string of the molecule is CCN(CC)c1ccc(N=C2CC=C(N)c3ccccc32)c(O)c1. The second-order valence-electron chi connectivity index (χ2n) is 5.81. The number of anilines is 1. The summed E-state index contributed by atoms with van der Waals surface area (Å²) in [5.74, 6) is 0.201. The molecule has 0 aromatic heterocycles. The molecule has 0 atom stereocenters. The molecule has 24 heavy (non-hydrogen) atoms. The number of allylic oxidation sites excluding steroid dienone is 1. The van der Waals surface area contributed by atoms with Gasteiger partial charge in [-0.2, -0.15) is 0 Å².